The van der Waals surface area contributed by atoms with Crippen LogP contribution in [0.25, 0.3) is 0 Å². The fourth-order valence-electron chi connectivity index (χ4n) is 2.43. The molecule has 6 nitrogen and oxygen atoms in total. The van der Waals surface area contributed by atoms with Crippen molar-refractivity contribution in [2.75, 3.05) is 31.3 Å². The van der Waals surface area contributed by atoms with Gasteiger partial charge in [-0.3, -0.25) is 0 Å². The van der Waals surface area contributed by atoms with E-state index in [-0.39, 0.29) is 18.0 Å². The lowest BCUT2D eigenvalue weighted by atomic mass is 9.87. The highest BCUT2D eigenvalue weighted by Crippen LogP contribution is 2.37. The lowest BCUT2D eigenvalue weighted by molar-refractivity contribution is 0.142. The molecule has 1 saturated carbocycles. The first-order valence-corrected chi connectivity index (χ1v) is 6.21. The highest BCUT2D eigenvalue weighted by atomic mass is 16.5. The molecular weight excluding hydrogens is 232 g/mol. The Morgan fingerprint density at radius 3 is 2.78 bits per heavy atom. The Morgan fingerprint density at radius 2 is 2.17 bits per heavy atom. The molecule has 0 aliphatic heterocycles. The van der Waals surface area contributed by atoms with Crippen molar-refractivity contribution in [3.63, 3.8) is 0 Å². The van der Waals surface area contributed by atoms with Crippen LogP contribution in [0.2, 0.25) is 0 Å². The van der Waals surface area contributed by atoms with Crippen molar-refractivity contribution in [3.8, 4) is 5.88 Å². The maximum Gasteiger partial charge on any atom is 0.225 e. The molecule has 1 aliphatic carbocycles. The zero-order valence-electron chi connectivity index (χ0n) is 10.6. The zero-order chi connectivity index (χ0) is 13.0. The van der Waals surface area contributed by atoms with E-state index in [1.165, 1.54) is 20.0 Å². The summed E-state index contributed by atoms with van der Waals surface area (Å²) in [5.74, 6) is 1.26. The average molecular weight is 252 g/mol. The number of hydrogen-bond donors (Lipinski definition) is 3. The van der Waals surface area contributed by atoms with E-state index in [1.54, 1.807) is 6.07 Å². The SMILES string of the molecule is COc1cc(NCC2(CO)CCCC2)nc(N)n1. The number of nitrogens with two attached hydrogens (primary N) is 1. The van der Waals surface area contributed by atoms with Crippen molar-refractivity contribution in [2.45, 2.75) is 25.7 Å². The Balaban J connectivity index is 2.03. The van der Waals surface area contributed by atoms with Crippen LogP contribution in [0.3, 0.4) is 0 Å². The first-order chi connectivity index (χ1) is 8.67. The second-order valence-electron chi connectivity index (χ2n) is 4.87. The lowest BCUT2D eigenvalue weighted by Crippen LogP contribution is -2.30. The second kappa shape index (κ2) is 5.39. The van der Waals surface area contributed by atoms with Crippen molar-refractivity contribution >= 4 is 11.8 Å². The number of aromatic nitrogens is 2. The summed E-state index contributed by atoms with van der Waals surface area (Å²) in [7, 11) is 1.54. The number of anilines is 2. The monoisotopic (exact) mass is 252 g/mol. The summed E-state index contributed by atoms with van der Waals surface area (Å²) in [5, 5.41) is 12.8. The Bertz CT molecular complexity index is 405. The summed E-state index contributed by atoms with van der Waals surface area (Å²) in [6.45, 7) is 0.904. The molecular formula is C12H20N4O2. The summed E-state index contributed by atoms with van der Waals surface area (Å²) in [6.07, 6.45) is 4.46. The first kappa shape index (κ1) is 12.9. The van der Waals surface area contributed by atoms with Gasteiger partial charge in [0.1, 0.15) is 5.82 Å². The number of rotatable bonds is 5. The lowest BCUT2D eigenvalue weighted by Gasteiger charge is -2.26. The maximum atomic E-state index is 9.53. The molecule has 0 saturated heterocycles. The Morgan fingerprint density at radius 1 is 1.44 bits per heavy atom. The van der Waals surface area contributed by atoms with Crippen LogP contribution in [0.15, 0.2) is 6.07 Å². The molecule has 0 radical (unpaired) electrons. The number of nitrogens with zero attached hydrogens (tertiary/aromatic N) is 2. The van der Waals surface area contributed by atoms with E-state index in [0.717, 1.165) is 12.8 Å². The minimum Gasteiger partial charge on any atom is -0.481 e. The molecule has 0 bridgehead atoms. The van der Waals surface area contributed by atoms with Gasteiger partial charge in [0.2, 0.25) is 11.8 Å². The number of aliphatic hydroxyl groups excluding tert-OH is 1. The van der Waals surface area contributed by atoms with Gasteiger partial charge in [-0.25, -0.2) is 0 Å². The minimum absolute atomic E-state index is 0.0209. The predicted octanol–water partition coefficient (Wildman–Crippen LogP) is 1.03. The third kappa shape index (κ3) is 2.81. The molecule has 4 N–H and O–H groups in total. The third-order valence-electron chi connectivity index (χ3n) is 3.57. The van der Waals surface area contributed by atoms with Crippen LogP contribution in [0.5, 0.6) is 5.88 Å². The van der Waals surface area contributed by atoms with Gasteiger partial charge < -0.3 is 20.9 Å². The molecule has 0 aromatic carbocycles. The number of hydrogen-bond acceptors (Lipinski definition) is 6. The van der Waals surface area contributed by atoms with Crippen molar-refractivity contribution in [1.29, 1.82) is 0 Å². The summed E-state index contributed by atoms with van der Waals surface area (Å²) >= 11 is 0. The molecule has 6 heteroatoms. The van der Waals surface area contributed by atoms with Crippen LogP contribution in [0, 0.1) is 5.41 Å². The van der Waals surface area contributed by atoms with Crippen molar-refractivity contribution in [3.05, 3.63) is 6.07 Å². The number of ether oxygens (including phenoxy) is 1. The van der Waals surface area contributed by atoms with Gasteiger partial charge in [0.05, 0.1) is 13.7 Å². The van der Waals surface area contributed by atoms with Gasteiger partial charge in [-0.1, -0.05) is 12.8 Å². The molecule has 2 rings (SSSR count). The Kier molecular flexibility index (Phi) is 3.86. The molecule has 0 spiro atoms. The number of methoxy groups -OCH3 is 1. The molecule has 1 fully saturated rings. The molecule has 0 amide bonds. The highest BCUT2D eigenvalue weighted by Gasteiger charge is 2.33. The van der Waals surface area contributed by atoms with Crippen LogP contribution < -0.4 is 15.8 Å². The predicted molar refractivity (Wildman–Crippen MR) is 69.5 cm³/mol. The van der Waals surface area contributed by atoms with Gasteiger partial charge in [0, 0.05) is 18.0 Å². The molecule has 100 valence electrons. The molecule has 1 aromatic heterocycles. The summed E-state index contributed by atoms with van der Waals surface area (Å²) in [6, 6.07) is 1.70. The number of aliphatic hydroxyl groups is 1. The largest absolute Gasteiger partial charge is 0.481 e. The van der Waals surface area contributed by atoms with Crippen LogP contribution in [0.1, 0.15) is 25.7 Å². The van der Waals surface area contributed by atoms with E-state index < -0.39 is 0 Å². The van der Waals surface area contributed by atoms with E-state index in [4.69, 9.17) is 10.5 Å². The van der Waals surface area contributed by atoms with E-state index in [1.807, 2.05) is 0 Å². The number of nitrogen functional groups attached to an aromatic ring is 1. The van der Waals surface area contributed by atoms with Gasteiger partial charge in [-0.15, -0.1) is 0 Å². The molecule has 1 heterocycles. The highest BCUT2D eigenvalue weighted by molar-refractivity contribution is 5.43. The zero-order valence-corrected chi connectivity index (χ0v) is 10.6. The topological polar surface area (TPSA) is 93.3 Å². The second-order valence-corrected chi connectivity index (χ2v) is 4.87. The molecule has 0 unspecified atom stereocenters. The van der Waals surface area contributed by atoms with E-state index in [9.17, 15) is 5.11 Å². The summed E-state index contributed by atoms with van der Waals surface area (Å²) < 4.78 is 5.04. The van der Waals surface area contributed by atoms with Crippen LogP contribution in [-0.4, -0.2) is 35.3 Å². The molecule has 1 aromatic rings. The summed E-state index contributed by atoms with van der Waals surface area (Å²) in [4.78, 5) is 8.03. The normalized spacial score (nSPS) is 17.7. The van der Waals surface area contributed by atoms with Crippen molar-refractivity contribution in [1.82, 2.24) is 9.97 Å². The summed E-state index contributed by atoms with van der Waals surface area (Å²) in [5.41, 5.74) is 5.57. The van der Waals surface area contributed by atoms with Gasteiger partial charge >= 0.3 is 0 Å². The van der Waals surface area contributed by atoms with Crippen LogP contribution >= 0.6 is 0 Å². The van der Waals surface area contributed by atoms with Gasteiger partial charge in [0.25, 0.3) is 0 Å². The van der Waals surface area contributed by atoms with Crippen molar-refractivity contribution < 1.29 is 9.84 Å². The maximum absolute atomic E-state index is 9.53. The molecule has 0 atom stereocenters. The smallest absolute Gasteiger partial charge is 0.225 e. The van der Waals surface area contributed by atoms with Gasteiger partial charge in [-0.2, -0.15) is 9.97 Å². The van der Waals surface area contributed by atoms with Crippen molar-refractivity contribution in [2.24, 2.45) is 5.41 Å². The van der Waals surface area contributed by atoms with Crippen LogP contribution in [-0.2, 0) is 0 Å². The molecule has 1 aliphatic rings. The van der Waals surface area contributed by atoms with Crippen LogP contribution in [0.4, 0.5) is 11.8 Å². The third-order valence-corrected chi connectivity index (χ3v) is 3.57. The van der Waals surface area contributed by atoms with E-state index in [2.05, 4.69) is 15.3 Å². The quantitative estimate of drug-likeness (QED) is 0.724. The van der Waals surface area contributed by atoms with E-state index in [0.29, 0.717) is 18.2 Å². The number of nitrogens with one attached hydrogen (secondary N) is 1. The minimum atomic E-state index is -0.0209. The van der Waals surface area contributed by atoms with E-state index >= 15 is 0 Å². The fraction of sp³-hybridized carbons (Fsp3) is 0.667. The molecule has 18 heavy (non-hydrogen) atoms. The first-order valence-electron chi connectivity index (χ1n) is 6.21. The Labute approximate surface area is 107 Å². The Hall–Kier alpha value is -1.56. The standard InChI is InChI=1S/C12H20N4O2/c1-18-10-6-9(15-11(13)16-10)14-7-12(8-17)4-2-3-5-12/h6,17H,2-5,7-8H2,1H3,(H3,13,14,15,16). The van der Waals surface area contributed by atoms with Gasteiger partial charge in [-0.05, 0) is 12.8 Å². The average Bonchev–Trinajstić information content (AvgIpc) is 2.85. The fourth-order valence-corrected chi connectivity index (χ4v) is 2.43. The van der Waals surface area contributed by atoms with Gasteiger partial charge in [0.15, 0.2) is 0 Å².